The van der Waals surface area contributed by atoms with Crippen LogP contribution in [0.3, 0.4) is 0 Å². The highest BCUT2D eigenvalue weighted by Gasteiger charge is 2.24. The Bertz CT molecular complexity index is 684. The van der Waals surface area contributed by atoms with Crippen LogP contribution in [-0.4, -0.2) is 12.5 Å². The first-order valence-corrected chi connectivity index (χ1v) is 7.73. The van der Waals surface area contributed by atoms with Gasteiger partial charge in [0.25, 0.3) is 5.91 Å². The second-order valence-corrected chi connectivity index (χ2v) is 6.04. The maximum Gasteiger partial charge on any atom is 0.252 e. The standard InChI is InChI=1S/C17H16BrNO2/c1-11-6-7-16-13(10-11)15(8-9-21-16)19-17(20)12-4-2-3-5-14(12)18/h2-7,10,15H,8-9H2,1H3,(H,19,20). The van der Waals surface area contributed by atoms with Gasteiger partial charge in [-0.2, -0.15) is 0 Å². The maximum atomic E-state index is 12.4. The molecule has 3 nitrogen and oxygen atoms in total. The lowest BCUT2D eigenvalue weighted by Crippen LogP contribution is -2.32. The molecule has 1 unspecified atom stereocenters. The van der Waals surface area contributed by atoms with E-state index in [2.05, 4.69) is 27.3 Å². The second kappa shape index (κ2) is 5.90. The fourth-order valence-corrected chi connectivity index (χ4v) is 3.01. The molecule has 1 aliphatic rings. The molecule has 0 aliphatic carbocycles. The van der Waals surface area contributed by atoms with Crippen LogP contribution in [0.1, 0.15) is 33.9 Å². The van der Waals surface area contributed by atoms with E-state index in [9.17, 15) is 4.79 Å². The molecule has 2 aromatic rings. The molecule has 1 N–H and O–H groups in total. The second-order valence-electron chi connectivity index (χ2n) is 5.18. The summed E-state index contributed by atoms with van der Waals surface area (Å²) in [7, 11) is 0. The van der Waals surface area contributed by atoms with Gasteiger partial charge in [-0.3, -0.25) is 4.79 Å². The van der Waals surface area contributed by atoms with Crippen molar-refractivity contribution in [2.45, 2.75) is 19.4 Å². The van der Waals surface area contributed by atoms with E-state index < -0.39 is 0 Å². The van der Waals surface area contributed by atoms with E-state index in [1.165, 1.54) is 5.56 Å². The van der Waals surface area contributed by atoms with Gasteiger partial charge in [0.05, 0.1) is 18.2 Å². The van der Waals surface area contributed by atoms with Crippen molar-refractivity contribution in [2.75, 3.05) is 6.61 Å². The van der Waals surface area contributed by atoms with E-state index in [1.807, 2.05) is 43.3 Å². The smallest absolute Gasteiger partial charge is 0.252 e. The Morgan fingerprint density at radius 1 is 1.29 bits per heavy atom. The molecule has 2 aromatic carbocycles. The third-order valence-electron chi connectivity index (χ3n) is 3.63. The normalized spacial score (nSPS) is 16.8. The Labute approximate surface area is 132 Å². The predicted molar refractivity (Wildman–Crippen MR) is 85.6 cm³/mol. The average molecular weight is 346 g/mol. The SMILES string of the molecule is Cc1ccc2c(c1)C(NC(=O)c1ccccc1Br)CCO2. The van der Waals surface area contributed by atoms with E-state index in [-0.39, 0.29) is 11.9 Å². The van der Waals surface area contributed by atoms with Crippen LogP contribution in [0.15, 0.2) is 46.9 Å². The lowest BCUT2D eigenvalue weighted by molar-refractivity contribution is 0.0924. The first-order valence-electron chi connectivity index (χ1n) is 6.94. The van der Waals surface area contributed by atoms with Crippen LogP contribution in [0, 0.1) is 6.92 Å². The minimum atomic E-state index is -0.0677. The average Bonchev–Trinajstić information content (AvgIpc) is 2.48. The highest BCUT2D eigenvalue weighted by atomic mass is 79.9. The highest BCUT2D eigenvalue weighted by molar-refractivity contribution is 9.10. The zero-order valence-electron chi connectivity index (χ0n) is 11.7. The number of rotatable bonds is 2. The number of hydrogen-bond donors (Lipinski definition) is 1. The number of aryl methyl sites for hydroxylation is 1. The Balaban J connectivity index is 1.85. The molecule has 0 saturated heterocycles. The molecule has 0 bridgehead atoms. The van der Waals surface area contributed by atoms with Crippen LogP contribution in [0.25, 0.3) is 0 Å². The maximum absolute atomic E-state index is 12.4. The van der Waals surface area contributed by atoms with E-state index in [0.717, 1.165) is 22.2 Å². The number of carbonyl (C=O) groups is 1. The summed E-state index contributed by atoms with van der Waals surface area (Å²) in [6.07, 6.45) is 0.784. The minimum absolute atomic E-state index is 0.00624. The van der Waals surface area contributed by atoms with Gasteiger partial charge in [0.15, 0.2) is 0 Å². The number of carbonyl (C=O) groups excluding carboxylic acids is 1. The van der Waals surface area contributed by atoms with Gasteiger partial charge in [0, 0.05) is 16.5 Å². The van der Waals surface area contributed by atoms with Crippen molar-refractivity contribution in [3.8, 4) is 5.75 Å². The molecule has 3 rings (SSSR count). The van der Waals surface area contributed by atoms with Gasteiger partial charge in [-0.1, -0.05) is 29.8 Å². The van der Waals surface area contributed by atoms with E-state index in [0.29, 0.717) is 12.2 Å². The van der Waals surface area contributed by atoms with E-state index in [1.54, 1.807) is 0 Å². The van der Waals surface area contributed by atoms with Crippen molar-refractivity contribution in [1.29, 1.82) is 0 Å². The van der Waals surface area contributed by atoms with Gasteiger partial charge < -0.3 is 10.1 Å². The van der Waals surface area contributed by atoms with Gasteiger partial charge in [-0.25, -0.2) is 0 Å². The summed E-state index contributed by atoms with van der Waals surface area (Å²) in [5, 5.41) is 3.11. The summed E-state index contributed by atoms with van der Waals surface area (Å²) in [5.41, 5.74) is 2.87. The summed E-state index contributed by atoms with van der Waals surface area (Å²) in [4.78, 5) is 12.4. The lowest BCUT2D eigenvalue weighted by atomic mass is 9.98. The lowest BCUT2D eigenvalue weighted by Gasteiger charge is -2.27. The number of fused-ring (bicyclic) bond motifs is 1. The molecule has 0 spiro atoms. The summed E-state index contributed by atoms with van der Waals surface area (Å²) < 4.78 is 6.46. The summed E-state index contributed by atoms with van der Waals surface area (Å²) in [6, 6.07) is 13.5. The van der Waals surface area contributed by atoms with Crippen molar-refractivity contribution < 1.29 is 9.53 Å². The molecule has 4 heteroatoms. The minimum Gasteiger partial charge on any atom is -0.493 e. The molecular weight excluding hydrogens is 330 g/mol. The first kappa shape index (κ1) is 14.1. The number of benzene rings is 2. The van der Waals surface area contributed by atoms with Crippen molar-refractivity contribution in [3.63, 3.8) is 0 Å². The molecule has 0 saturated carbocycles. The Morgan fingerprint density at radius 3 is 2.90 bits per heavy atom. The number of halogens is 1. The third-order valence-corrected chi connectivity index (χ3v) is 4.32. The highest BCUT2D eigenvalue weighted by Crippen LogP contribution is 2.33. The summed E-state index contributed by atoms with van der Waals surface area (Å²) in [5.74, 6) is 0.797. The molecule has 0 aromatic heterocycles. The van der Waals surface area contributed by atoms with Crippen LogP contribution in [0.4, 0.5) is 0 Å². The molecule has 0 radical (unpaired) electrons. The fraction of sp³-hybridized carbons (Fsp3) is 0.235. The number of hydrogen-bond acceptors (Lipinski definition) is 2. The van der Waals surface area contributed by atoms with Crippen LogP contribution >= 0.6 is 15.9 Å². The molecular formula is C17H16BrNO2. The zero-order valence-corrected chi connectivity index (χ0v) is 13.3. The number of amides is 1. The van der Waals surface area contributed by atoms with Crippen LogP contribution in [-0.2, 0) is 0 Å². The van der Waals surface area contributed by atoms with Crippen molar-refractivity contribution in [3.05, 3.63) is 63.6 Å². The molecule has 1 aliphatic heterocycles. The van der Waals surface area contributed by atoms with Crippen LogP contribution < -0.4 is 10.1 Å². The van der Waals surface area contributed by atoms with Gasteiger partial charge in [0.1, 0.15) is 5.75 Å². The number of ether oxygens (including phenoxy) is 1. The Hall–Kier alpha value is -1.81. The van der Waals surface area contributed by atoms with Crippen LogP contribution in [0.2, 0.25) is 0 Å². The van der Waals surface area contributed by atoms with E-state index in [4.69, 9.17) is 4.74 Å². The van der Waals surface area contributed by atoms with Gasteiger partial charge >= 0.3 is 0 Å². The van der Waals surface area contributed by atoms with Crippen molar-refractivity contribution in [1.82, 2.24) is 5.32 Å². The van der Waals surface area contributed by atoms with E-state index >= 15 is 0 Å². The predicted octanol–water partition coefficient (Wildman–Crippen LogP) is 4.01. The van der Waals surface area contributed by atoms with Crippen molar-refractivity contribution >= 4 is 21.8 Å². The van der Waals surface area contributed by atoms with Crippen molar-refractivity contribution in [2.24, 2.45) is 0 Å². The summed E-state index contributed by atoms with van der Waals surface area (Å²) in [6.45, 7) is 2.67. The topological polar surface area (TPSA) is 38.3 Å². The van der Waals surface area contributed by atoms with Crippen LogP contribution in [0.5, 0.6) is 5.75 Å². The molecule has 1 atom stereocenters. The Morgan fingerprint density at radius 2 is 2.10 bits per heavy atom. The van der Waals surface area contributed by atoms with Gasteiger partial charge in [-0.15, -0.1) is 0 Å². The zero-order chi connectivity index (χ0) is 14.8. The summed E-state index contributed by atoms with van der Waals surface area (Å²) >= 11 is 3.42. The third kappa shape index (κ3) is 2.95. The van der Waals surface area contributed by atoms with Gasteiger partial charge in [0.2, 0.25) is 0 Å². The molecule has 0 fully saturated rings. The largest absolute Gasteiger partial charge is 0.493 e. The van der Waals surface area contributed by atoms with Gasteiger partial charge in [-0.05, 0) is 41.1 Å². The Kier molecular flexibility index (Phi) is 3.97. The monoisotopic (exact) mass is 345 g/mol. The molecule has 1 heterocycles. The molecule has 21 heavy (non-hydrogen) atoms. The number of nitrogens with one attached hydrogen (secondary N) is 1. The molecule has 1 amide bonds. The molecule has 108 valence electrons. The quantitative estimate of drug-likeness (QED) is 0.892. The first-order chi connectivity index (χ1) is 10.1. The fourth-order valence-electron chi connectivity index (χ4n) is 2.55.